The highest BCUT2D eigenvalue weighted by molar-refractivity contribution is 6.01. The van der Waals surface area contributed by atoms with Gasteiger partial charge in [0.2, 0.25) is 0 Å². The van der Waals surface area contributed by atoms with Crippen molar-refractivity contribution in [2.24, 2.45) is 0 Å². The van der Waals surface area contributed by atoms with E-state index in [2.05, 4.69) is 12.2 Å². The van der Waals surface area contributed by atoms with Crippen LogP contribution in [0.15, 0.2) is 42.5 Å². The number of unbranched alkanes of at least 4 members (excludes halogenated alkanes) is 3. The SMILES string of the molecule is CCCCCCOc1ccc(C2Nc3ccccc3C(=O)N2CC2CCCO2)cc1OC. The van der Waals surface area contributed by atoms with E-state index in [4.69, 9.17) is 14.2 Å². The second kappa shape index (κ2) is 10.7. The van der Waals surface area contributed by atoms with E-state index < -0.39 is 0 Å². The maximum absolute atomic E-state index is 13.4. The van der Waals surface area contributed by atoms with Gasteiger partial charge >= 0.3 is 0 Å². The van der Waals surface area contributed by atoms with Gasteiger partial charge in [0.05, 0.1) is 25.4 Å². The molecule has 0 radical (unpaired) electrons. The van der Waals surface area contributed by atoms with Crippen molar-refractivity contribution in [1.29, 1.82) is 0 Å². The molecule has 1 fully saturated rings. The number of amides is 1. The molecule has 0 saturated carbocycles. The molecule has 6 nitrogen and oxygen atoms in total. The summed E-state index contributed by atoms with van der Waals surface area (Å²) in [6.45, 7) is 4.20. The number of hydrogen-bond donors (Lipinski definition) is 1. The van der Waals surface area contributed by atoms with E-state index in [1.54, 1.807) is 7.11 Å². The van der Waals surface area contributed by atoms with Gasteiger partial charge < -0.3 is 24.4 Å². The van der Waals surface area contributed by atoms with Gasteiger partial charge in [0, 0.05) is 18.8 Å². The molecule has 1 amide bonds. The molecule has 0 bridgehead atoms. The van der Waals surface area contributed by atoms with E-state index in [0.29, 0.717) is 24.5 Å². The van der Waals surface area contributed by atoms with Crippen LogP contribution in [-0.2, 0) is 4.74 Å². The first-order chi connectivity index (χ1) is 15.7. The standard InChI is InChI=1S/C26H34N2O4/c1-3-4-5-8-15-32-23-14-13-19(17-24(23)30-2)25-27-22-12-7-6-11-21(22)26(29)28(25)18-20-10-9-16-31-20/h6-7,11-14,17,20,25,27H,3-5,8-10,15-16,18H2,1-2H3. The van der Waals surface area contributed by atoms with Gasteiger partial charge in [-0.3, -0.25) is 4.79 Å². The predicted molar refractivity (Wildman–Crippen MR) is 125 cm³/mol. The Morgan fingerprint density at radius 3 is 2.78 bits per heavy atom. The third kappa shape index (κ3) is 5.01. The van der Waals surface area contributed by atoms with Gasteiger partial charge in [-0.1, -0.05) is 44.4 Å². The zero-order valence-electron chi connectivity index (χ0n) is 19.1. The van der Waals surface area contributed by atoms with Gasteiger partial charge in [-0.2, -0.15) is 0 Å². The van der Waals surface area contributed by atoms with Crippen LogP contribution in [0.1, 0.15) is 67.5 Å². The van der Waals surface area contributed by atoms with Crippen LogP contribution in [0.2, 0.25) is 0 Å². The Balaban J connectivity index is 1.56. The van der Waals surface area contributed by atoms with E-state index in [9.17, 15) is 4.79 Å². The summed E-state index contributed by atoms with van der Waals surface area (Å²) in [6.07, 6.45) is 6.42. The fourth-order valence-electron chi connectivity index (χ4n) is 4.44. The van der Waals surface area contributed by atoms with E-state index in [1.165, 1.54) is 19.3 Å². The molecule has 4 rings (SSSR count). The fraction of sp³-hybridized carbons (Fsp3) is 0.500. The van der Waals surface area contributed by atoms with Crippen molar-refractivity contribution >= 4 is 11.6 Å². The molecule has 32 heavy (non-hydrogen) atoms. The Morgan fingerprint density at radius 2 is 2.00 bits per heavy atom. The van der Waals surface area contributed by atoms with Gasteiger partial charge in [-0.25, -0.2) is 0 Å². The van der Waals surface area contributed by atoms with Crippen LogP contribution >= 0.6 is 0 Å². The molecule has 0 spiro atoms. The summed E-state index contributed by atoms with van der Waals surface area (Å²) >= 11 is 0. The number of carbonyl (C=O) groups is 1. The monoisotopic (exact) mass is 438 g/mol. The van der Waals surface area contributed by atoms with Crippen molar-refractivity contribution in [2.75, 3.05) is 32.2 Å². The molecular formula is C26H34N2O4. The van der Waals surface area contributed by atoms with Crippen molar-refractivity contribution in [3.8, 4) is 11.5 Å². The maximum Gasteiger partial charge on any atom is 0.257 e. The van der Waals surface area contributed by atoms with E-state index in [0.717, 1.165) is 42.9 Å². The second-order valence-corrected chi connectivity index (χ2v) is 8.50. The number of rotatable bonds is 10. The summed E-state index contributed by atoms with van der Waals surface area (Å²) in [4.78, 5) is 15.3. The molecular weight excluding hydrogens is 404 g/mol. The van der Waals surface area contributed by atoms with Crippen LogP contribution < -0.4 is 14.8 Å². The minimum atomic E-state index is -0.297. The third-order valence-electron chi connectivity index (χ3n) is 6.21. The minimum absolute atomic E-state index is 0.0232. The van der Waals surface area contributed by atoms with Crippen molar-refractivity contribution in [1.82, 2.24) is 4.90 Å². The lowest BCUT2D eigenvalue weighted by Gasteiger charge is -2.39. The molecule has 2 aliphatic rings. The largest absolute Gasteiger partial charge is 0.493 e. The lowest BCUT2D eigenvalue weighted by molar-refractivity contribution is 0.0426. The minimum Gasteiger partial charge on any atom is -0.493 e. The maximum atomic E-state index is 13.4. The van der Waals surface area contributed by atoms with Gasteiger partial charge in [0.1, 0.15) is 6.17 Å². The van der Waals surface area contributed by atoms with Crippen LogP contribution in [0.4, 0.5) is 5.69 Å². The highest BCUT2D eigenvalue weighted by Crippen LogP contribution is 2.37. The van der Waals surface area contributed by atoms with Gasteiger partial charge in [0.15, 0.2) is 11.5 Å². The number of ether oxygens (including phenoxy) is 3. The second-order valence-electron chi connectivity index (χ2n) is 8.50. The Labute approximate surface area is 190 Å². The summed E-state index contributed by atoms with van der Waals surface area (Å²) < 4.78 is 17.5. The molecule has 2 unspecified atom stereocenters. The first-order valence-corrected chi connectivity index (χ1v) is 11.8. The van der Waals surface area contributed by atoms with Crippen LogP contribution in [0.25, 0.3) is 0 Å². The van der Waals surface area contributed by atoms with Crippen molar-refractivity contribution < 1.29 is 19.0 Å². The molecule has 172 valence electrons. The quantitative estimate of drug-likeness (QED) is 0.503. The highest BCUT2D eigenvalue weighted by atomic mass is 16.5. The third-order valence-corrected chi connectivity index (χ3v) is 6.21. The number of fused-ring (bicyclic) bond motifs is 1. The summed E-state index contributed by atoms with van der Waals surface area (Å²) in [6, 6.07) is 13.6. The zero-order valence-corrected chi connectivity index (χ0v) is 19.1. The van der Waals surface area contributed by atoms with Crippen molar-refractivity contribution in [3.63, 3.8) is 0 Å². The highest BCUT2D eigenvalue weighted by Gasteiger charge is 2.35. The summed E-state index contributed by atoms with van der Waals surface area (Å²) in [7, 11) is 1.65. The van der Waals surface area contributed by atoms with Crippen LogP contribution in [0, 0.1) is 0 Å². The molecule has 2 aliphatic heterocycles. The Kier molecular flexibility index (Phi) is 7.53. The van der Waals surface area contributed by atoms with E-state index >= 15 is 0 Å². The topological polar surface area (TPSA) is 60.0 Å². The predicted octanol–water partition coefficient (Wildman–Crippen LogP) is 5.40. The molecule has 0 aliphatic carbocycles. The molecule has 2 aromatic rings. The number of anilines is 1. The summed E-state index contributed by atoms with van der Waals surface area (Å²) in [5, 5.41) is 3.56. The molecule has 2 atom stereocenters. The van der Waals surface area contributed by atoms with Gasteiger partial charge in [0.25, 0.3) is 5.91 Å². The number of nitrogens with one attached hydrogen (secondary N) is 1. The van der Waals surface area contributed by atoms with Gasteiger partial charge in [-0.15, -0.1) is 0 Å². The average molecular weight is 439 g/mol. The first-order valence-electron chi connectivity index (χ1n) is 11.8. The number of carbonyl (C=O) groups excluding carboxylic acids is 1. The number of hydrogen-bond acceptors (Lipinski definition) is 5. The van der Waals surface area contributed by atoms with Crippen LogP contribution in [-0.4, -0.2) is 43.8 Å². The fourth-order valence-corrected chi connectivity index (χ4v) is 4.44. The van der Waals surface area contributed by atoms with E-state index in [1.807, 2.05) is 47.4 Å². The molecule has 1 N–H and O–H groups in total. The summed E-state index contributed by atoms with van der Waals surface area (Å²) in [5.41, 5.74) is 2.50. The Morgan fingerprint density at radius 1 is 1.12 bits per heavy atom. The zero-order chi connectivity index (χ0) is 22.3. The molecule has 2 aromatic carbocycles. The van der Waals surface area contributed by atoms with Crippen molar-refractivity contribution in [2.45, 2.75) is 57.7 Å². The normalized spacial score (nSPS) is 20.1. The van der Waals surface area contributed by atoms with E-state index in [-0.39, 0.29) is 18.2 Å². The number of para-hydroxylation sites is 1. The van der Waals surface area contributed by atoms with Crippen molar-refractivity contribution in [3.05, 3.63) is 53.6 Å². The van der Waals surface area contributed by atoms with Gasteiger partial charge in [-0.05, 0) is 49.1 Å². The lowest BCUT2D eigenvalue weighted by Crippen LogP contribution is -2.46. The average Bonchev–Trinajstić information content (AvgIpc) is 3.34. The number of methoxy groups -OCH3 is 1. The summed E-state index contributed by atoms with van der Waals surface area (Å²) in [5.74, 6) is 1.44. The lowest BCUT2D eigenvalue weighted by atomic mass is 10.0. The smallest absolute Gasteiger partial charge is 0.257 e. The Hall–Kier alpha value is -2.73. The molecule has 6 heteroatoms. The first kappa shape index (κ1) is 22.5. The van der Waals surface area contributed by atoms with Crippen LogP contribution in [0.5, 0.6) is 11.5 Å². The molecule has 2 heterocycles. The Bertz CT molecular complexity index is 910. The number of benzene rings is 2. The molecule has 0 aromatic heterocycles. The van der Waals surface area contributed by atoms with Crippen LogP contribution in [0.3, 0.4) is 0 Å². The number of nitrogens with zero attached hydrogens (tertiary/aromatic N) is 1. The molecule has 1 saturated heterocycles.